The molecule has 0 radical (unpaired) electrons. The molecule has 0 bridgehead atoms. The van der Waals surface area contributed by atoms with Crippen LogP contribution in [-0.4, -0.2) is 31.1 Å². The summed E-state index contributed by atoms with van der Waals surface area (Å²) in [6.07, 6.45) is 3.55. The van der Waals surface area contributed by atoms with Gasteiger partial charge < -0.3 is 10.2 Å². The summed E-state index contributed by atoms with van der Waals surface area (Å²) in [6, 6.07) is 6.89. The molecular formula is C14H18N4O2. The summed E-state index contributed by atoms with van der Waals surface area (Å²) in [4.78, 5) is 12.3. The molecular weight excluding hydrogens is 256 g/mol. The molecule has 1 saturated heterocycles. The molecule has 6 nitrogen and oxygen atoms in total. The third-order valence-electron chi connectivity index (χ3n) is 3.63. The first-order chi connectivity index (χ1) is 9.61. The molecule has 1 aromatic carbocycles. The molecule has 2 rings (SSSR count). The predicted octanol–water partition coefficient (Wildman–Crippen LogP) is 2.04. The molecule has 1 N–H and O–H groups in total. The Kier molecular flexibility index (Phi) is 4.53. The van der Waals surface area contributed by atoms with Crippen LogP contribution in [0.4, 0.5) is 11.4 Å². The van der Waals surface area contributed by atoms with Crippen molar-refractivity contribution in [1.29, 1.82) is 5.26 Å². The number of hydrogen-bond acceptors (Lipinski definition) is 5. The van der Waals surface area contributed by atoms with Gasteiger partial charge in [-0.25, -0.2) is 0 Å². The highest BCUT2D eigenvalue weighted by atomic mass is 16.6. The molecule has 1 aliphatic heterocycles. The Morgan fingerprint density at radius 1 is 1.55 bits per heavy atom. The molecule has 1 unspecified atom stereocenters. The highest BCUT2D eigenvalue weighted by Crippen LogP contribution is 2.24. The van der Waals surface area contributed by atoms with Gasteiger partial charge in [0, 0.05) is 31.8 Å². The topological polar surface area (TPSA) is 82.2 Å². The van der Waals surface area contributed by atoms with Gasteiger partial charge >= 0.3 is 0 Å². The Balaban J connectivity index is 2.14. The molecule has 1 heterocycles. The van der Waals surface area contributed by atoms with E-state index in [9.17, 15) is 10.1 Å². The largest absolute Gasteiger partial charge is 0.372 e. The van der Waals surface area contributed by atoms with Gasteiger partial charge in [0.15, 0.2) is 0 Å². The maximum Gasteiger partial charge on any atom is 0.270 e. The Labute approximate surface area is 118 Å². The zero-order valence-electron chi connectivity index (χ0n) is 11.5. The SMILES string of the molecule is CN(CC1CCCCN1)c1ccc([N+](=O)[O-])cc1C#N. The Bertz CT molecular complexity index is 532. The minimum atomic E-state index is -0.479. The number of rotatable bonds is 4. The van der Waals surface area contributed by atoms with Crippen molar-refractivity contribution in [2.75, 3.05) is 25.0 Å². The number of benzene rings is 1. The summed E-state index contributed by atoms with van der Waals surface area (Å²) in [7, 11) is 1.91. The summed E-state index contributed by atoms with van der Waals surface area (Å²) >= 11 is 0. The van der Waals surface area contributed by atoms with Gasteiger partial charge in [-0.05, 0) is 25.5 Å². The van der Waals surface area contributed by atoms with Crippen LogP contribution >= 0.6 is 0 Å². The Morgan fingerprint density at radius 2 is 2.35 bits per heavy atom. The van der Waals surface area contributed by atoms with Gasteiger partial charge in [-0.15, -0.1) is 0 Å². The van der Waals surface area contributed by atoms with Crippen molar-refractivity contribution in [3.8, 4) is 6.07 Å². The van der Waals surface area contributed by atoms with E-state index in [0.717, 1.165) is 25.2 Å². The van der Waals surface area contributed by atoms with Gasteiger partial charge in [0.2, 0.25) is 0 Å². The van der Waals surface area contributed by atoms with E-state index in [1.165, 1.54) is 25.0 Å². The lowest BCUT2D eigenvalue weighted by molar-refractivity contribution is -0.384. The van der Waals surface area contributed by atoms with E-state index < -0.39 is 4.92 Å². The van der Waals surface area contributed by atoms with E-state index in [-0.39, 0.29) is 5.69 Å². The number of nitro groups is 1. The number of nitriles is 1. The van der Waals surface area contributed by atoms with Crippen molar-refractivity contribution in [1.82, 2.24) is 5.32 Å². The summed E-state index contributed by atoms with van der Waals surface area (Å²) in [6.45, 7) is 1.83. The first-order valence-electron chi connectivity index (χ1n) is 6.75. The lowest BCUT2D eigenvalue weighted by Crippen LogP contribution is -2.42. The molecule has 0 spiro atoms. The van der Waals surface area contributed by atoms with E-state index >= 15 is 0 Å². The van der Waals surface area contributed by atoms with Crippen LogP contribution in [0.15, 0.2) is 18.2 Å². The smallest absolute Gasteiger partial charge is 0.270 e. The van der Waals surface area contributed by atoms with Crippen LogP contribution in [0.3, 0.4) is 0 Å². The van der Waals surface area contributed by atoms with E-state index in [2.05, 4.69) is 5.32 Å². The zero-order valence-corrected chi connectivity index (χ0v) is 11.5. The first kappa shape index (κ1) is 14.3. The molecule has 0 aliphatic carbocycles. The average molecular weight is 274 g/mol. The second kappa shape index (κ2) is 6.35. The molecule has 106 valence electrons. The maximum absolute atomic E-state index is 10.7. The van der Waals surface area contributed by atoms with Crippen LogP contribution in [0.2, 0.25) is 0 Å². The number of nitro benzene ring substituents is 1. The van der Waals surface area contributed by atoms with Gasteiger partial charge in [0.25, 0.3) is 5.69 Å². The lowest BCUT2D eigenvalue weighted by atomic mass is 10.0. The fourth-order valence-corrected chi connectivity index (χ4v) is 2.57. The zero-order chi connectivity index (χ0) is 14.5. The van der Waals surface area contributed by atoms with Crippen molar-refractivity contribution in [2.24, 2.45) is 0 Å². The molecule has 0 amide bonds. The molecule has 1 aliphatic rings. The van der Waals surface area contributed by atoms with E-state index in [4.69, 9.17) is 5.26 Å². The van der Waals surface area contributed by atoms with Crippen LogP contribution in [0.5, 0.6) is 0 Å². The van der Waals surface area contributed by atoms with E-state index in [1.54, 1.807) is 6.07 Å². The number of likely N-dealkylation sites (N-methyl/N-ethyl adjacent to an activating group) is 1. The number of hydrogen-bond donors (Lipinski definition) is 1. The van der Waals surface area contributed by atoms with Crippen LogP contribution in [-0.2, 0) is 0 Å². The van der Waals surface area contributed by atoms with Gasteiger partial charge in [-0.1, -0.05) is 6.42 Å². The molecule has 20 heavy (non-hydrogen) atoms. The molecule has 1 atom stereocenters. The van der Waals surface area contributed by atoms with Crippen LogP contribution in [0, 0.1) is 21.4 Å². The predicted molar refractivity (Wildman–Crippen MR) is 76.7 cm³/mol. The van der Waals surface area contributed by atoms with Gasteiger partial charge in [-0.2, -0.15) is 5.26 Å². The second-order valence-electron chi connectivity index (χ2n) is 5.10. The van der Waals surface area contributed by atoms with E-state index in [0.29, 0.717) is 11.6 Å². The number of nitrogens with one attached hydrogen (secondary N) is 1. The van der Waals surface area contributed by atoms with Gasteiger partial charge in [0.05, 0.1) is 16.2 Å². The van der Waals surface area contributed by atoms with Crippen molar-refractivity contribution < 1.29 is 4.92 Å². The number of anilines is 1. The average Bonchev–Trinajstić information content (AvgIpc) is 2.47. The summed E-state index contributed by atoms with van der Waals surface area (Å²) in [5.74, 6) is 0. The Hall–Kier alpha value is -2.13. The number of nitrogens with zero attached hydrogens (tertiary/aromatic N) is 3. The monoisotopic (exact) mass is 274 g/mol. The highest BCUT2D eigenvalue weighted by molar-refractivity contribution is 5.62. The van der Waals surface area contributed by atoms with Crippen molar-refractivity contribution in [2.45, 2.75) is 25.3 Å². The van der Waals surface area contributed by atoms with Crippen LogP contribution in [0.1, 0.15) is 24.8 Å². The number of piperidine rings is 1. The van der Waals surface area contributed by atoms with Gasteiger partial charge in [-0.3, -0.25) is 10.1 Å². The Morgan fingerprint density at radius 3 is 2.95 bits per heavy atom. The van der Waals surface area contributed by atoms with Gasteiger partial charge in [0.1, 0.15) is 6.07 Å². The lowest BCUT2D eigenvalue weighted by Gasteiger charge is -2.29. The maximum atomic E-state index is 10.7. The fraction of sp³-hybridized carbons (Fsp3) is 0.500. The second-order valence-corrected chi connectivity index (χ2v) is 5.10. The summed E-state index contributed by atoms with van der Waals surface area (Å²) < 4.78 is 0. The van der Waals surface area contributed by atoms with Crippen molar-refractivity contribution in [3.63, 3.8) is 0 Å². The fourth-order valence-electron chi connectivity index (χ4n) is 2.57. The third kappa shape index (κ3) is 3.25. The minimum absolute atomic E-state index is 0.0468. The van der Waals surface area contributed by atoms with Crippen molar-refractivity contribution >= 4 is 11.4 Å². The first-order valence-corrected chi connectivity index (χ1v) is 6.75. The van der Waals surface area contributed by atoms with Crippen LogP contribution < -0.4 is 10.2 Å². The number of non-ortho nitro benzene ring substituents is 1. The van der Waals surface area contributed by atoms with Crippen LogP contribution in [0.25, 0.3) is 0 Å². The molecule has 0 saturated carbocycles. The summed E-state index contributed by atoms with van der Waals surface area (Å²) in [5.41, 5.74) is 1.04. The molecule has 6 heteroatoms. The van der Waals surface area contributed by atoms with Crippen molar-refractivity contribution in [3.05, 3.63) is 33.9 Å². The molecule has 0 aromatic heterocycles. The quantitative estimate of drug-likeness (QED) is 0.671. The van der Waals surface area contributed by atoms with E-state index in [1.807, 2.05) is 18.0 Å². The third-order valence-corrected chi connectivity index (χ3v) is 3.63. The normalized spacial score (nSPS) is 18.3. The summed E-state index contributed by atoms with van der Waals surface area (Å²) in [5, 5.41) is 23.4. The molecule has 1 fully saturated rings. The molecule has 1 aromatic rings. The standard InChI is InChI=1S/C14H18N4O2/c1-17(10-12-4-2-3-7-16-12)14-6-5-13(18(19)20)8-11(14)9-15/h5-6,8,12,16H,2-4,7,10H2,1H3. The highest BCUT2D eigenvalue weighted by Gasteiger charge is 2.18. The minimum Gasteiger partial charge on any atom is -0.372 e.